The van der Waals surface area contributed by atoms with E-state index in [-0.39, 0.29) is 10.6 Å². The fourth-order valence-corrected chi connectivity index (χ4v) is 3.57. The van der Waals surface area contributed by atoms with Gasteiger partial charge in [0.25, 0.3) is 5.69 Å². The van der Waals surface area contributed by atoms with Gasteiger partial charge < -0.3 is 4.90 Å². The summed E-state index contributed by atoms with van der Waals surface area (Å²) in [4.78, 5) is 12.9. The lowest BCUT2D eigenvalue weighted by atomic mass is 9.96. The highest BCUT2D eigenvalue weighted by Gasteiger charge is 2.25. The van der Waals surface area contributed by atoms with Crippen LogP contribution in [0.1, 0.15) is 18.9 Å². The predicted octanol–water partition coefficient (Wildman–Crippen LogP) is 4.67. The number of nitro groups is 1. The molecule has 0 fully saturated rings. The van der Waals surface area contributed by atoms with Crippen LogP contribution in [0.25, 0.3) is 0 Å². The molecule has 1 atom stereocenters. The predicted molar refractivity (Wildman–Crippen MR) is 92.2 cm³/mol. The number of anilines is 2. The quantitative estimate of drug-likeness (QED) is 0.423. The fraction of sp³-hybridized carbons (Fsp3) is 0.250. The van der Waals surface area contributed by atoms with Crippen LogP contribution in [0, 0.1) is 13.7 Å². The molecule has 1 aliphatic rings. The molecule has 2 aromatic carbocycles. The summed E-state index contributed by atoms with van der Waals surface area (Å²) in [6.07, 6.45) is 2.17. The number of halogens is 1. The number of rotatable bonds is 2. The zero-order valence-corrected chi connectivity index (χ0v) is 13.8. The zero-order chi connectivity index (χ0) is 15.0. The summed E-state index contributed by atoms with van der Waals surface area (Å²) in [5.41, 5.74) is 3.73. The molecule has 5 heteroatoms. The third kappa shape index (κ3) is 2.62. The Morgan fingerprint density at radius 2 is 2.05 bits per heavy atom. The summed E-state index contributed by atoms with van der Waals surface area (Å²) >= 11 is 2.04. The Morgan fingerprint density at radius 1 is 1.29 bits per heavy atom. The third-order valence-electron chi connectivity index (χ3n) is 3.93. The molecule has 0 aromatic heterocycles. The van der Waals surface area contributed by atoms with Crippen molar-refractivity contribution in [2.45, 2.75) is 25.8 Å². The summed E-state index contributed by atoms with van der Waals surface area (Å²) < 4.78 is 0.672. The van der Waals surface area contributed by atoms with Gasteiger partial charge in [-0.3, -0.25) is 10.1 Å². The monoisotopic (exact) mass is 394 g/mol. The van der Waals surface area contributed by atoms with E-state index in [0.29, 0.717) is 9.61 Å². The van der Waals surface area contributed by atoms with E-state index >= 15 is 0 Å². The highest BCUT2D eigenvalue weighted by Crippen LogP contribution is 2.38. The van der Waals surface area contributed by atoms with E-state index in [1.165, 1.54) is 11.3 Å². The van der Waals surface area contributed by atoms with Crippen molar-refractivity contribution < 1.29 is 4.92 Å². The standard InChI is InChI=1S/C16H15IN2O2/c1-11-6-7-12-4-2-3-5-15(12)18(11)13-8-9-16(19(20)21)14(17)10-13/h2-5,8-11H,6-7H2,1H3. The summed E-state index contributed by atoms with van der Waals surface area (Å²) in [6, 6.07) is 14.1. The number of fused-ring (bicyclic) bond motifs is 1. The first-order chi connectivity index (χ1) is 10.1. The second kappa shape index (κ2) is 5.63. The van der Waals surface area contributed by atoms with Crippen LogP contribution in [0.2, 0.25) is 0 Å². The maximum absolute atomic E-state index is 11.0. The molecular weight excluding hydrogens is 379 g/mol. The number of aryl methyl sites for hydroxylation is 1. The Kier molecular flexibility index (Phi) is 3.84. The number of hydrogen-bond donors (Lipinski definition) is 0. The molecule has 21 heavy (non-hydrogen) atoms. The van der Waals surface area contributed by atoms with Gasteiger partial charge in [0.05, 0.1) is 8.49 Å². The molecule has 0 spiro atoms. The van der Waals surface area contributed by atoms with Gasteiger partial charge in [-0.2, -0.15) is 0 Å². The van der Waals surface area contributed by atoms with Crippen LogP contribution in [0.3, 0.4) is 0 Å². The van der Waals surface area contributed by atoms with E-state index in [4.69, 9.17) is 0 Å². The van der Waals surface area contributed by atoms with Gasteiger partial charge in [0.2, 0.25) is 0 Å². The molecule has 0 bridgehead atoms. The van der Waals surface area contributed by atoms with Crippen LogP contribution in [0.4, 0.5) is 17.1 Å². The van der Waals surface area contributed by atoms with E-state index < -0.39 is 0 Å². The van der Waals surface area contributed by atoms with E-state index in [1.54, 1.807) is 6.07 Å². The number of nitrogens with zero attached hydrogens (tertiary/aromatic N) is 2. The molecule has 0 saturated heterocycles. The van der Waals surface area contributed by atoms with Crippen molar-refractivity contribution >= 4 is 39.7 Å². The van der Waals surface area contributed by atoms with Gasteiger partial charge >= 0.3 is 0 Å². The maximum atomic E-state index is 11.0. The van der Waals surface area contributed by atoms with Crippen molar-refractivity contribution in [3.63, 3.8) is 0 Å². The SMILES string of the molecule is CC1CCc2ccccc2N1c1ccc([N+](=O)[O-])c(I)c1. The molecule has 4 nitrogen and oxygen atoms in total. The molecule has 3 rings (SSSR count). The Balaban J connectivity index is 2.07. The molecule has 108 valence electrons. The first kappa shape index (κ1) is 14.3. The highest BCUT2D eigenvalue weighted by atomic mass is 127. The first-order valence-electron chi connectivity index (χ1n) is 6.89. The van der Waals surface area contributed by atoms with Crippen LogP contribution >= 0.6 is 22.6 Å². The van der Waals surface area contributed by atoms with Gasteiger partial charge in [-0.1, -0.05) is 18.2 Å². The van der Waals surface area contributed by atoms with Crippen molar-refractivity contribution in [1.82, 2.24) is 0 Å². The van der Waals surface area contributed by atoms with Crippen LogP contribution < -0.4 is 4.90 Å². The Hall–Kier alpha value is -1.63. The minimum atomic E-state index is -0.334. The number of para-hydroxylation sites is 1. The Labute approximate surface area is 137 Å². The van der Waals surface area contributed by atoms with E-state index in [0.717, 1.165) is 18.5 Å². The lowest BCUT2D eigenvalue weighted by molar-refractivity contribution is -0.385. The topological polar surface area (TPSA) is 46.4 Å². The van der Waals surface area contributed by atoms with Crippen LogP contribution in [0.5, 0.6) is 0 Å². The first-order valence-corrected chi connectivity index (χ1v) is 7.97. The molecule has 0 aliphatic carbocycles. The minimum Gasteiger partial charge on any atom is -0.338 e. The fourth-order valence-electron chi connectivity index (χ4n) is 2.88. The van der Waals surface area contributed by atoms with Gasteiger partial charge in [0, 0.05) is 23.5 Å². The lowest BCUT2D eigenvalue weighted by Gasteiger charge is -2.37. The molecule has 0 amide bonds. The molecule has 0 saturated carbocycles. The van der Waals surface area contributed by atoms with Gasteiger partial charge in [-0.15, -0.1) is 0 Å². The molecule has 2 aromatic rings. The zero-order valence-electron chi connectivity index (χ0n) is 11.6. The summed E-state index contributed by atoms with van der Waals surface area (Å²) in [6.45, 7) is 2.20. The number of hydrogen-bond acceptors (Lipinski definition) is 3. The van der Waals surface area contributed by atoms with Gasteiger partial charge in [0.15, 0.2) is 0 Å². The minimum absolute atomic E-state index is 0.164. The van der Waals surface area contributed by atoms with Crippen molar-refractivity contribution in [3.8, 4) is 0 Å². The molecule has 0 N–H and O–H groups in total. The highest BCUT2D eigenvalue weighted by molar-refractivity contribution is 14.1. The largest absolute Gasteiger partial charge is 0.338 e. The normalized spacial score (nSPS) is 17.4. The second-order valence-corrected chi connectivity index (χ2v) is 6.44. The number of nitro benzene ring substituents is 1. The molecule has 1 heterocycles. The summed E-state index contributed by atoms with van der Waals surface area (Å²) in [5.74, 6) is 0. The van der Waals surface area contributed by atoms with Crippen LogP contribution in [0.15, 0.2) is 42.5 Å². The van der Waals surface area contributed by atoms with Crippen molar-refractivity contribution in [2.75, 3.05) is 4.90 Å². The third-order valence-corrected chi connectivity index (χ3v) is 4.79. The van der Waals surface area contributed by atoms with E-state index in [2.05, 4.69) is 30.0 Å². The van der Waals surface area contributed by atoms with Crippen molar-refractivity contribution in [3.05, 3.63) is 61.7 Å². The molecule has 1 aliphatic heterocycles. The van der Waals surface area contributed by atoms with Crippen LogP contribution in [-0.4, -0.2) is 11.0 Å². The maximum Gasteiger partial charge on any atom is 0.282 e. The Bertz CT molecular complexity index is 702. The van der Waals surface area contributed by atoms with Gasteiger partial charge in [0.1, 0.15) is 0 Å². The average Bonchev–Trinajstić information content (AvgIpc) is 2.46. The smallest absolute Gasteiger partial charge is 0.282 e. The van der Waals surface area contributed by atoms with Gasteiger partial charge in [-0.05, 0) is 66.1 Å². The van der Waals surface area contributed by atoms with Crippen molar-refractivity contribution in [2.24, 2.45) is 0 Å². The lowest BCUT2D eigenvalue weighted by Crippen LogP contribution is -2.33. The Morgan fingerprint density at radius 3 is 2.76 bits per heavy atom. The summed E-state index contributed by atoms with van der Waals surface area (Å²) in [7, 11) is 0. The number of benzene rings is 2. The molecule has 0 radical (unpaired) electrons. The van der Waals surface area contributed by atoms with Gasteiger partial charge in [-0.25, -0.2) is 0 Å². The van der Waals surface area contributed by atoms with E-state index in [9.17, 15) is 10.1 Å². The summed E-state index contributed by atoms with van der Waals surface area (Å²) in [5, 5.41) is 11.0. The average molecular weight is 394 g/mol. The van der Waals surface area contributed by atoms with E-state index in [1.807, 2.05) is 40.8 Å². The molecule has 1 unspecified atom stereocenters. The molecular formula is C16H15IN2O2. The van der Waals surface area contributed by atoms with Crippen LogP contribution in [-0.2, 0) is 6.42 Å². The van der Waals surface area contributed by atoms with Crippen molar-refractivity contribution in [1.29, 1.82) is 0 Å². The second-order valence-electron chi connectivity index (χ2n) is 5.28.